The van der Waals surface area contributed by atoms with Crippen LogP contribution >= 0.6 is 0 Å². The Bertz CT molecular complexity index is 1440. The highest BCUT2D eigenvalue weighted by molar-refractivity contribution is 7.91. The van der Waals surface area contributed by atoms with Crippen molar-refractivity contribution in [2.45, 2.75) is 56.5 Å². The molecule has 0 saturated heterocycles. The van der Waals surface area contributed by atoms with Crippen LogP contribution in [0.4, 0.5) is 0 Å². The Balaban J connectivity index is 1.55. The number of carbonyl (C=O) groups is 1. The molecule has 36 heavy (non-hydrogen) atoms. The van der Waals surface area contributed by atoms with Gasteiger partial charge in [0.05, 0.1) is 52.7 Å². The van der Waals surface area contributed by atoms with E-state index in [2.05, 4.69) is 26.0 Å². The van der Waals surface area contributed by atoms with E-state index in [0.29, 0.717) is 53.4 Å². The van der Waals surface area contributed by atoms with Crippen LogP contribution in [0.1, 0.15) is 56.3 Å². The van der Waals surface area contributed by atoms with Crippen LogP contribution in [0, 0.1) is 11.3 Å². The summed E-state index contributed by atoms with van der Waals surface area (Å²) in [6.45, 7) is 5.80. The average molecular weight is 506 g/mol. The number of benzene rings is 1. The van der Waals surface area contributed by atoms with E-state index in [0.717, 1.165) is 0 Å². The van der Waals surface area contributed by atoms with Gasteiger partial charge >= 0.3 is 0 Å². The third kappa shape index (κ3) is 5.57. The number of hydrogen-bond acceptors (Lipinski definition) is 9. The molecule has 10 heteroatoms. The fourth-order valence-corrected chi connectivity index (χ4v) is 5.37. The van der Waals surface area contributed by atoms with E-state index in [9.17, 15) is 18.5 Å². The van der Waals surface area contributed by atoms with E-state index >= 15 is 0 Å². The summed E-state index contributed by atoms with van der Waals surface area (Å²) in [6, 6.07) is 9.01. The van der Waals surface area contributed by atoms with Crippen molar-refractivity contribution in [3.05, 3.63) is 65.5 Å². The highest BCUT2D eigenvalue weighted by atomic mass is 32.2. The SMILES string of the molecule is CCOc1cncc(-c2ccc(CC(=O)C(C)(C)c3ccnc(CS(=O)(=O)C4CC4)n3)c(C#N)c2)n1. The smallest absolute Gasteiger partial charge is 0.232 e. The molecule has 1 aliphatic rings. The molecule has 2 aromatic heterocycles. The van der Waals surface area contributed by atoms with Crippen LogP contribution in [0.2, 0.25) is 0 Å². The second-order valence-corrected chi connectivity index (χ2v) is 11.5. The van der Waals surface area contributed by atoms with Gasteiger partial charge in [0.25, 0.3) is 0 Å². The van der Waals surface area contributed by atoms with Crippen LogP contribution in [0.3, 0.4) is 0 Å². The summed E-state index contributed by atoms with van der Waals surface area (Å²) in [6.07, 6.45) is 5.96. The zero-order valence-electron chi connectivity index (χ0n) is 20.4. The summed E-state index contributed by atoms with van der Waals surface area (Å²) in [5.41, 5.74) is 1.63. The Hall–Kier alpha value is -3.71. The van der Waals surface area contributed by atoms with Crippen molar-refractivity contribution in [2.24, 2.45) is 0 Å². The van der Waals surface area contributed by atoms with E-state index < -0.39 is 15.3 Å². The minimum absolute atomic E-state index is 0.0144. The molecular weight excluding hydrogens is 478 g/mol. The van der Waals surface area contributed by atoms with Gasteiger partial charge in [-0.05, 0) is 51.3 Å². The molecule has 0 N–H and O–H groups in total. The van der Waals surface area contributed by atoms with Gasteiger partial charge in [-0.1, -0.05) is 12.1 Å². The van der Waals surface area contributed by atoms with Gasteiger partial charge in [0.1, 0.15) is 17.4 Å². The van der Waals surface area contributed by atoms with Crippen LogP contribution in [-0.4, -0.2) is 46.0 Å². The molecular formula is C26H27N5O4S. The summed E-state index contributed by atoms with van der Waals surface area (Å²) in [5, 5.41) is 9.45. The first-order valence-electron chi connectivity index (χ1n) is 11.7. The van der Waals surface area contributed by atoms with Gasteiger partial charge < -0.3 is 4.74 Å². The molecule has 2 heterocycles. The van der Waals surface area contributed by atoms with Crippen molar-refractivity contribution in [3.63, 3.8) is 0 Å². The predicted molar refractivity (Wildman–Crippen MR) is 133 cm³/mol. The van der Waals surface area contributed by atoms with Gasteiger partial charge in [-0.2, -0.15) is 5.26 Å². The number of sulfone groups is 1. The Labute approximate surface area is 210 Å². The summed E-state index contributed by atoms with van der Waals surface area (Å²) in [7, 11) is -3.28. The highest BCUT2D eigenvalue weighted by Gasteiger charge is 2.37. The second-order valence-electron chi connectivity index (χ2n) is 9.25. The number of aromatic nitrogens is 4. The lowest BCUT2D eigenvalue weighted by Crippen LogP contribution is -2.32. The van der Waals surface area contributed by atoms with Gasteiger partial charge in [-0.3, -0.25) is 9.78 Å². The molecule has 3 aromatic rings. The molecule has 0 unspecified atom stereocenters. The third-order valence-electron chi connectivity index (χ3n) is 6.19. The lowest BCUT2D eigenvalue weighted by atomic mass is 9.81. The zero-order valence-corrected chi connectivity index (χ0v) is 21.2. The number of nitrogens with zero attached hydrogens (tertiary/aromatic N) is 5. The summed E-state index contributed by atoms with van der Waals surface area (Å²) in [5.74, 6) is 0.199. The Morgan fingerprint density at radius 1 is 1.19 bits per heavy atom. The molecule has 9 nitrogen and oxygen atoms in total. The summed E-state index contributed by atoms with van der Waals surface area (Å²) in [4.78, 5) is 30.4. The van der Waals surface area contributed by atoms with Crippen LogP contribution < -0.4 is 4.74 Å². The Kier molecular flexibility index (Phi) is 7.13. The zero-order chi connectivity index (χ0) is 25.9. The van der Waals surface area contributed by atoms with Crippen molar-refractivity contribution in [3.8, 4) is 23.2 Å². The van der Waals surface area contributed by atoms with Gasteiger partial charge in [0, 0.05) is 18.2 Å². The number of carbonyl (C=O) groups excluding carboxylic acids is 1. The Morgan fingerprint density at radius 3 is 2.67 bits per heavy atom. The van der Waals surface area contributed by atoms with Gasteiger partial charge in [-0.25, -0.2) is 23.4 Å². The minimum atomic E-state index is -3.28. The molecule has 1 fully saturated rings. The lowest BCUT2D eigenvalue weighted by Gasteiger charge is -2.23. The number of ketones is 1. The van der Waals surface area contributed by atoms with E-state index in [1.54, 1.807) is 44.3 Å². The van der Waals surface area contributed by atoms with E-state index in [-0.39, 0.29) is 29.0 Å². The fourth-order valence-electron chi connectivity index (χ4n) is 3.78. The molecule has 0 amide bonds. The first-order chi connectivity index (χ1) is 17.1. The number of rotatable bonds is 10. The van der Waals surface area contributed by atoms with Crippen molar-refractivity contribution >= 4 is 15.6 Å². The van der Waals surface area contributed by atoms with Crippen molar-refractivity contribution in [1.29, 1.82) is 5.26 Å². The van der Waals surface area contributed by atoms with Crippen molar-refractivity contribution < 1.29 is 17.9 Å². The van der Waals surface area contributed by atoms with E-state index in [1.165, 1.54) is 12.4 Å². The molecule has 1 aliphatic carbocycles. The first kappa shape index (κ1) is 25.4. The largest absolute Gasteiger partial charge is 0.477 e. The maximum Gasteiger partial charge on any atom is 0.232 e. The molecule has 0 spiro atoms. The maximum atomic E-state index is 13.4. The maximum absolute atomic E-state index is 13.4. The summed E-state index contributed by atoms with van der Waals surface area (Å²) < 4.78 is 30.1. The molecule has 0 bridgehead atoms. The molecule has 1 aromatic carbocycles. The molecule has 0 atom stereocenters. The number of hydrogen-bond donors (Lipinski definition) is 0. The quantitative estimate of drug-likeness (QED) is 0.406. The van der Waals surface area contributed by atoms with Crippen molar-refractivity contribution in [2.75, 3.05) is 6.61 Å². The second kappa shape index (κ2) is 10.1. The van der Waals surface area contributed by atoms with Crippen LogP contribution in [0.25, 0.3) is 11.3 Å². The average Bonchev–Trinajstić information content (AvgIpc) is 3.71. The minimum Gasteiger partial charge on any atom is -0.477 e. The normalized spacial score (nSPS) is 13.7. The topological polar surface area (TPSA) is 136 Å². The van der Waals surface area contributed by atoms with Crippen LogP contribution in [0.5, 0.6) is 5.88 Å². The fraction of sp³-hybridized carbons (Fsp3) is 0.385. The molecule has 0 aliphatic heterocycles. The lowest BCUT2D eigenvalue weighted by molar-refractivity contribution is -0.123. The number of Topliss-reactive ketones (excluding diaryl/α,β-unsaturated/α-hetero) is 1. The van der Waals surface area contributed by atoms with Crippen LogP contribution in [-0.2, 0) is 32.2 Å². The van der Waals surface area contributed by atoms with Gasteiger partial charge in [0.2, 0.25) is 5.88 Å². The van der Waals surface area contributed by atoms with Crippen LogP contribution in [0.15, 0.2) is 42.9 Å². The molecule has 0 radical (unpaired) electrons. The number of ether oxygens (including phenoxy) is 1. The van der Waals surface area contributed by atoms with E-state index in [1.807, 2.05) is 6.92 Å². The molecule has 4 rings (SSSR count). The van der Waals surface area contributed by atoms with Gasteiger partial charge in [-0.15, -0.1) is 0 Å². The highest BCUT2D eigenvalue weighted by Crippen LogP contribution is 2.31. The number of nitriles is 1. The standard InChI is InChI=1S/C26H27N5O4S/c1-4-35-25-15-28-14-21(30-25)18-6-5-17(19(11-18)13-27)12-23(32)26(2,3)22-9-10-29-24(31-22)16-36(33,34)20-7-8-20/h5-6,9-11,14-15,20H,4,7-8,12,16H2,1-3H3. The first-order valence-corrected chi connectivity index (χ1v) is 13.4. The van der Waals surface area contributed by atoms with E-state index in [4.69, 9.17) is 4.74 Å². The molecule has 186 valence electrons. The molecule has 1 saturated carbocycles. The Morgan fingerprint density at radius 2 is 1.97 bits per heavy atom. The summed E-state index contributed by atoms with van der Waals surface area (Å²) >= 11 is 0. The van der Waals surface area contributed by atoms with Gasteiger partial charge in [0.15, 0.2) is 9.84 Å². The monoisotopic (exact) mass is 505 g/mol. The van der Waals surface area contributed by atoms with Crippen molar-refractivity contribution in [1.82, 2.24) is 19.9 Å². The third-order valence-corrected chi connectivity index (χ3v) is 8.33. The predicted octanol–water partition coefficient (Wildman–Crippen LogP) is 3.37.